The lowest BCUT2D eigenvalue weighted by Crippen LogP contribution is -2.26. The Bertz CT molecular complexity index is 730. The topological polar surface area (TPSA) is 29.5 Å². The van der Waals surface area contributed by atoms with Crippen LogP contribution >= 0.6 is 23.5 Å². The molecule has 2 aromatic rings. The number of hydrogen-bond acceptors (Lipinski definition) is 5. The van der Waals surface area contributed by atoms with E-state index in [0.717, 1.165) is 41.6 Å². The fourth-order valence-electron chi connectivity index (χ4n) is 2.65. The number of carbonyl (C=O) groups is 1. The molecular weight excluding hydrogens is 374 g/mol. The Hall–Kier alpha value is -1.85. The quantitative estimate of drug-likeness (QED) is 0.282. The monoisotopic (exact) mass is 401 g/mol. The molecule has 144 valence electrons. The van der Waals surface area contributed by atoms with Crippen LogP contribution in [0.25, 0.3) is 0 Å². The maximum Gasteiger partial charge on any atom is 0.235 e. The Labute approximate surface area is 171 Å². The summed E-state index contributed by atoms with van der Waals surface area (Å²) in [6.07, 6.45) is 2.92. The molecule has 27 heavy (non-hydrogen) atoms. The Morgan fingerprint density at radius 3 is 2.37 bits per heavy atom. The lowest BCUT2D eigenvalue weighted by molar-refractivity contribution is -0.108. The molecule has 0 aliphatic rings. The highest BCUT2D eigenvalue weighted by atomic mass is 32.2. The zero-order chi connectivity index (χ0) is 19.5. The van der Waals surface area contributed by atoms with Crippen LogP contribution in [0.1, 0.15) is 20.3 Å². The van der Waals surface area contributed by atoms with Crippen molar-refractivity contribution >= 4 is 34.3 Å². The van der Waals surface area contributed by atoms with Crippen molar-refractivity contribution in [3.63, 3.8) is 0 Å². The minimum Gasteiger partial charge on any atom is -0.497 e. The van der Waals surface area contributed by atoms with Crippen LogP contribution in [0.2, 0.25) is 0 Å². The second-order valence-corrected chi connectivity index (χ2v) is 8.11. The van der Waals surface area contributed by atoms with Crippen molar-refractivity contribution in [3.8, 4) is 5.75 Å². The molecule has 0 fully saturated rings. The number of anilines is 1. The number of allylic oxidation sites excluding steroid dienone is 1. The van der Waals surface area contributed by atoms with Crippen LogP contribution in [0.3, 0.4) is 0 Å². The average molecular weight is 402 g/mol. The molecule has 2 rings (SSSR count). The predicted octanol–water partition coefficient (Wildman–Crippen LogP) is 5.87. The van der Waals surface area contributed by atoms with E-state index in [-0.39, 0.29) is 5.12 Å². The van der Waals surface area contributed by atoms with Gasteiger partial charge in [-0.15, -0.1) is 11.8 Å². The van der Waals surface area contributed by atoms with Crippen LogP contribution in [0.15, 0.2) is 71.3 Å². The number of nitrogens with zero attached hydrogens (tertiary/aromatic N) is 1. The van der Waals surface area contributed by atoms with Gasteiger partial charge in [-0.25, -0.2) is 0 Å². The molecule has 0 spiro atoms. The first-order valence-electron chi connectivity index (χ1n) is 9.16. The van der Waals surface area contributed by atoms with Gasteiger partial charge < -0.3 is 9.64 Å². The summed E-state index contributed by atoms with van der Waals surface area (Å²) in [6, 6.07) is 18.2. The van der Waals surface area contributed by atoms with Gasteiger partial charge in [-0.2, -0.15) is 0 Å². The summed E-state index contributed by atoms with van der Waals surface area (Å²) in [4.78, 5) is 16.1. The fourth-order valence-corrected chi connectivity index (χ4v) is 4.08. The molecule has 3 nitrogen and oxygen atoms in total. The molecular formula is C22H27NO2S2. The third kappa shape index (κ3) is 6.67. The number of carbonyl (C=O) groups excluding carboxylic acids is 1. The molecule has 0 aliphatic heterocycles. The van der Waals surface area contributed by atoms with Gasteiger partial charge in [-0.1, -0.05) is 43.0 Å². The van der Waals surface area contributed by atoms with Gasteiger partial charge in [-0.05, 0) is 55.5 Å². The van der Waals surface area contributed by atoms with Gasteiger partial charge in [0.05, 0.1) is 12.8 Å². The number of benzene rings is 2. The number of rotatable bonds is 10. The van der Waals surface area contributed by atoms with E-state index in [1.54, 1.807) is 7.11 Å². The lowest BCUT2D eigenvalue weighted by atomic mass is 10.2. The Morgan fingerprint density at radius 2 is 1.78 bits per heavy atom. The van der Waals surface area contributed by atoms with Crippen molar-refractivity contribution in [1.29, 1.82) is 0 Å². The minimum atomic E-state index is 0.125. The second-order valence-electron chi connectivity index (χ2n) is 5.70. The maximum atomic E-state index is 12.7. The first-order chi connectivity index (χ1) is 13.2. The van der Waals surface area contributed by atoms with Crippen LogP contribution in [0.4, 0.5) is 5.69 Å². The zero-order valence-electron chi connectivity index (χ0n) is 16.2. The van der Waals surface area contributed by atoms with Gasteiger partial charge in [-0.3, -0.25) is 4.79 Å². The van der Waals surface area contributed by atoms with Crippen LogP contribution in [-0.2, 0) is 4.79 Å². The lowest BCUT2D eigenvalue weighted by Gasteiger charge is -2.25. The van der Waals surface area contributed by atoms with Crippen molar-refractivity contribution in [2.24, 2.45) is 0 Å². The van der Waals surface area contributed by atoms with Crippen LogP contribution in [-0.4, -0.2) is 30.3 Å². The highest BCUT2D eigenvalue weighted by Gasteiger charge is 2.17. The number of thioether (sulfide) groups is 2. The molecule has 0 N–H and O–H groups in total. The van der Waals surface area contributed by atoms with E-state index in [1.165, 1.54) is 16.7 Å². The number of ether oxygens (including phenoxy) is 1. The predicted molar refractivity (Wildman–Crippen MR) is 119 cm³/mol. The molecule has 0 unspecified atom stereocenters. The van der Waals surface area contributed by atoms with Gasteiger partial charge >= 0.3 is 0 Å². The van der Waals surface area contributed by atoms with Crippen molar-refractivity contribution in [2.45, 2.75) is 25.2 Å². The first kappa shape index (κ1) is 21.5. The summed E-state index contributed by atoms with van der Waals surface area (Å²) < 4.78 is 5.24. The Morgan fingerprint density at radius 1 is 1.07 bits per heavy atom. The molecule has 0 atom stereocenters. The second kappa shape index (κ2) is 11.8. The van der Waals surface area contributed by atoms with E-state index in [1.807, 2.05) is 61.2 Å². The van der Waals surface area contributed by atoms with Gasteiger partial charge in [0, 0.05) is 22.9 Å². The van der Waals surface area contributed by atoms with Crippen molar-refractivity contribution < 1.29 is 9.53 Å². The Kier molecular flexibility index (Phi) is 9.36. The largest absolute Gasteiger partial charge is 0.497 e. The molecule has 0 aliphatic carbocycles. The van der Waals surface area contributed by atoms with Gasteiger partial charge in [0.15, 0.2) is 0 Å². The van der Waals surface area contributed by atoms with Gasteiger partial charge in [0.2, 0.25) is 5.12 Å². The molecule has 2 aromatic carbocycles. The smallest absolute Gasteiger partial charge is 0.235 e. The molecule has 0 saturated heterocycles. The van der Waals surface area contributed by atoms with E-state index in [0.29, 0.717) is 0 Å². The van der Waals surface area contributed by atoms with E-state index >= 15 is 0 Å². The summed E-state index contributed by atoms with van der Waals surface area (Å²) in [5.74, 6) is 2.53. The summed E-state index contributed by atoms with van der Waals surface area (Å²) in [7, 11) is 1.66. The molecule has 0 saturated carbocycles. The van der Waals surface area contributed by atoms with Gasteiger partial charge in [0.25, 0.3) is 0 Å². The van der Waals surface area contributed by atoms with Crippen molar-refractivity contribution in [3.05, 3.63) is 66.4 Å². The summed E-state index contributed by atoms with van der Waals surface area (Å²) in [5, 5.41) is 0.125. The number of likely N-dealkylation sites (N-methyl/N-ethyl adjacent to an activating group) is 1. The molecule has 0 bridgehead atoms. The molecule has 0 aromatic heterocycles. The average Bonchev–Trinajstić information content (AvgIpc) is 2.71. The van der Waals surface area contributed by atoms with E-state index < -0.39 is 0 Å². The van der Waals surface area contributed by atoms with Gasteiger partial charge in [0.1, 0.15) is 5.75 Å². The van der Waals surface area contributed by atoms with Crippen molar-refractivity contribution in [2.75, 3.05) is 30.1 Å². The van der Waals surface area contributed by atoms with E-state index in [9.17, 15) is 4.79 Å². The maximum absolute atomic E-state index is 12.7. The molecule has 0 amide bonds. The zero-order valence-corrected chi connectivity index (χ0v) is 17.8. The SMILES string of the molecule is CCSC(=O)/C(=C\CCSc1ccccc1)N(CC)c1ccc(OC)cc1. The van der Waals surface area contributed by atoms with E-state index in [2.05, 4.69) is 30.0 Å². The third-order valence-electron chi connectivity index (χ3n) is 3.94. The number of methoxy groups -OCH3 is 1. The fraction of sp³-hybridized carbons (Fsp3) is 0.318. The van der Waals surface area contributed by atoms with Crippen molar-refractivity contribution in [1.82, 2.24) is 0 Å². The van der Waals surface area contributed by atoms with Crippen LogP contribution in [0, 0.1) is 0 Å². The highest BCUT2D eigenvalue weighted by Crippen LogP contribution is 2.26. The van der Waals surface area contributed by atoms with Crippen LogP contribution < -0.4 is 9.64 Å². The minimum absolute atomic E-state index is 0.125. The molecule has 0 heterocycles. The number of hydrogen-bond donors (Lipinski definition) is 0. The standard InChI is InChI=1S/C22H27NO2S2/c1-4-23(18-13-15-19(25-3)16-14-18)21(22(24)26-5-2)12-9-17-27-20-10-7-6-8-11-20/h6-8,10-16H,4-5,9,17H2,1-3H3/b21-12+. The molecule has 5 heteroatoms. The van der Waals surface area contributed by atoms with E-state index in [4.69, 9.17) is 4.74 Å². The summed E-state index contributed by atoms with van der Waals surface area (Å²) >= 11 is 3.17. The first-order valence-corrected chi connectivity index (χ1v) is 11.1. The van der Waals surface area contributed by atoms with Crippen LogP contribution in [0.5, 0.6) is 5.75 Å². The molecule has 0 radical (unpaired) electrons. The third-order valence-corrected chi connectivity index (χ3v) is 5.75. The summed E-state index contributed by atoms with van der Waals surface area (Å²) in [5.41, 5.74) is 1.77. The highest BCUT2D eigenvalue weighted by molar-refractivity contribution is 8.14. The summed E-state index contributed by atoms with van der Waals surface area (Å²) in [6.45, 7) is 4.82. The Balaban J connectivity index is 2.13. The normalized spacial score (nSPS) is 11.3.